The molecule has 1 aliphatic rings. The Balaban J connectivity index is 1.61. The second-order valence-corrected chi connectivity index (χ2v) is 7.67. The number of thiazole rings is 1. The highest BCUT2D eigenvalue weighted by Gasteiger charge is 2.34. The van der Waals surface area contributed by atoms with Crippen LogP contribution in [0.2, 0.25) is 0 Å². The molecule has 0 radical (unpaired) electrons. The normalized spacial score (nSPS) is 16.8. The molecular weight excluding hydrogens is 360 g/mol. The number of carbonyl (C=O) groups excluding carboxylic acids is 3. The van der Waals surface area contributed by atoms with Gasteiger partial charge in [-0.05, 0) is 24.3 Å². The first-order valence-electron chi connectivity index (χ1n) is 7.88. The van der Waals surface area contributed by atoms with Crippen LogP contribution in [-0.2, 0) is 27.2 Å². The zero-order valence-electron chi connectivity index (χ0n) is 13.4. The largest absolute Gasteiger partial charge is 0.369 e. The average Bonchev–Trinajstić information content (AvgIpc) is 3.27. The van der Waals surface area contributed by atoms with E-state index >= 15 is 0 Å². The van der Waals surface area contributed by atoms with Gasteiger partial charge in [0, 0.05) is 16.8 Å². The molecule has 0 saturated carbocycles. The molecule has 7 nitrogen and oxygen atoms in total. The lowest BCUT2D eigenvalue weighted by atomic mass is 10.2. The molecule has 0 aliphatic carbocycles. The molecule has 25 heavy (non-hydrogen) atoms. The molecular formula is C16H18N4O3S2. The third-order valence-electron chi connectivity index (χ3n) is 3.92. The Morgan fingerprint density at radius 3 is 2.88 bits per heavy atom. The van der Waals surface area contributed by atoms with Crippen LogP contribution in [0.1, 0.15) is 23.4 Å². The molecule has 0 aromatic carbocycles. The quantitative estimate of drug-likeness (QED) is 0.792. The molecule has 1 saturated heterocycles. The number of nitrogens with one attached hydrogen (secondary N) is 1. The number of amides is 3. The van der Waals surface area contributed by atoms with E-state index in [1.807, 2.05) is 17.5 Å². The minimum Gasteiger partial charge on any atom is -0.369 e. The molecule has 3 heterocycles. The number of nitrogens with two attached hydrogens (primary N) is 1. The predicted octanol–water partition coefficient (Wildman–Crippen LogP) is 1.40. The number of hydrogen-bond acceptors (Lipinski definition) is 6. The van der Waals surface area contributed by atoms with E-state index in [0.717, 1.165) is 11.3 Å². The van der Waals surface area contributed by atoms with Gasteiger partial charge in [0.25, 0.3) is 0 Å². The molecule has 1 fully saturated rings. The van der Waals surface area contributed by atoms with E-state index in [-0.39, 0.29) is 18.2 Å². The summed E-state index contributed by atoms with van der Waals surface area (Å²) in [6.07, 6.45) is 1.81. The third kappa shape index (κ3) is 4.43. The van der Waals surface area contributed by atoms with Gasteiger partial charge in [0.2, 0.25) is 17.7 Å². The van der Waals surface area contributed by atoms with Crippen LogP contribution in [-0.4, -0.2) is 40.2 Å². The summed E-state index contributed by atoms with van der Waals surface area (Å²) in [6.45, 7) is 0.590. The van der Waals surface area contributed by atoms with Crippen LogP contribution in [0.4, 0.5) is 5.13 Å². The number of rotatable bonds is 6. The van der Waals surface area contributed by atoms with Crippen molar-refractivity contribution < 1.29 is 14.4 Å². The molecule has 3 N–H and O–H groups in total. The topological polar surface area (TPSA) is 105 Å². The van der Waals surface area contributed by atoms with E-state index in [1.54, 1.807) is 10.3 Å². The fourth-order valence-corrected chi connectivity index (χ4v) is 4.22. The Morgan fingerprint density at radius 1 is 1.32 bits per heavy atom. The van der Waals surface area contributed by atoms with Crippen molar-refractivity contribution >= 4 is 45.5 Å². The van der Waals surface area contributed by atoms with Gasteiger partial charge in [-0.25, -0.2) is 4.98 Å². The molecule has 132 valence electrons. The maximum atomic E-state index is 12.5. The molecule has 1 atom stereocenters. The standard InChI is InChI=1S/C16H18N4O3S2/c17-13(21)7-10-9-25-16(18-10)19-15(23)12-4-1-5-20(12)14(22)8-11-3-2-6-24-11/h2-3,6,9,12H,1,4-5,7-8H2,(H2,17,21)(H,18,19,23). The fraction of sp³-hybridized carbons (Fsp3) is 0.375. The van der Waals surface area contributed by atoms with Crippen molar-refractivity contribution in [2.75, 3.05) is 11.9 Å². The first-order valence-corrected chi connectivity index (χ1v) is 9.64. The van der Waals surface area contributed by atoms with E-state index in [2.05, 4.69) is 10.3 Å². The Morgan fingerprint density at radius 2 is 2.16 bits per heavy atom. The summed E-state index contributed by atoms with van der Waals surface area (Å²) in [6, 6.07) is 3.35. The van der Waals surface area contributed by atoms with Gasteiger partial charge >= 0.3 is 0 Å². The first-order chi connectivity index (χ1) is 12.0. The van der Waals surface area contributed by atoms with E-state index < -0.39 is 11.9 Å². The SMILES string of the molecule is NC(=O)Cc1csc(NC(=O)C2CCCN2C(=O)Cc2cccs2)n1. The average molecular weight is 378 g/mol. The van der Waals surface area contributed by atoms with Gasteiger partial charge in [-0.1, -0.05) is 6.07 Å². The Bertz CT molecular complexity index is 772. The summed E-state index contributed by atoms with van der Waals surface area (Å²) in [5.74, 6) is -0.741. The third-order valence-corrected chi connectivity index (χ3v) is 5.60. The van der Waals surface area contributed by atoms with Crippen LogP contribution in [0.3, 0.4) is 0 Å². The summed E-state index contributed by atoms with van der Waals surface area (Å²) in [4.78, 5) is 42.8. The van der Waals surface area contributed by atoms with Crippen LogP contribution in [0, 0.1) is 0 Å². The van der Waals surface area contributed by atoms with Crippen LogP contribution >= 0.6 is 22.7 Å². The summed E-state index contributed by atoms with van der Waals surface area (Å²) < 4.78 is 0. The van der Waals surface area contributed by atoms with E-state index in [0.29, 0.717) is 30.2 Å². The molecule has 1 unspecified atom stereocenters. The molecule has 3 amide bonds. The molecule has 3 rings (SSSR count). The molecule has 2 aromatic rings. The predicted molar refractivity (Wildman–Crippen MR) is 96.4 cm³/mol. The van der Waals surface area contributed by atoms with Crippen molar-refractivity contribution in [2.24, 2.45) is 5.73 Å². The van der Waals surface area contributed by atoms with Crippen molar-refractivity contribution in [3.63, 3.8) is 0 Å². The van der Waals surface area contributed by atoms with E-state index in [9.17, 15) is 14.4 Å². The van der Waals surface area contributed by atoms with Gasteiger partial charge in [0.05, 0.1) is 18.5 Å². The first kappa shape index (κ1) is 17.6. The number of hydrogen-bond donors (Lipinski definition) is 2. The number of thiophene rings is 1. The minimum absolute atomic E-state index is 0.0337. The highest BCUT2D eigenvalue weighted by Crippen LogP contribution is 2.23. The van der Waals surface area contributed by atoms with Crippen molar-refractivity contribution in [1.29, 1.82) is 0 Å². The minimum atomic E-state index is -0.476. The maximum absolute atomic E-state index is 12.5. The van der Waals surface area contributed by atoms with Crippen molar-refractivity contribution in [3.8, 4) is 0 Å². The Labute approximate surface area is 152 Å². The second kappa shape index (κ2) is 7.75. The van der Waals surface area contributed by atoms with Gasteiger partial charge in [-0.3, -0.25) is 14.4 Å². The van der Waals surface area contributed by atoms with Crippen LogP contribution in [0.25, 0.3) is 0 Å². The number of aromatic nitrogens is 1. The Hall–Kier alpha value is -2.26. The zero-order chi connectivity index (χ0) is 17.8. The number of nitrogens with zero attached hydrogens (tertiary/aromatic N) is 2. The maximum Gasteiger partial charge on any atom is 0.248 e. The summed E-state index contributed by atoms with van der Waals surface area (Å²) >= 11 is 2.78. The number of anilines is 1. The van der Waals surface area contributed by atoms with Crippen molar-refractivity contribution in [2.45, 2.75) is 31.7 Å². The second-order valence-electron chi connectivity index (χ2n) is 5.78. The van der Waals surface area contributed by atoms with E-state index in [1.165, 1.54) is 22.7 Å². The monoisotopic (exact) mass is 378 g/mol. The smallest absolute Gasteiger partial charge is 0.248 e. The molecule has 0 spiro atoms. The van der Waals surface area contributed by atoms with Crippen LogP contribution < -0.4 is 11.1 Å². The Kier molecular flexibility index (Phi) is 5.44. The van der Waals surface area contributed by atoms with Crippen molar-refractivity contribution in [3.05, 3.63) is 33.5 Å². The van der Waals surface area contributed by atoms with Crippen LogP contribution in [0.5, 0.6) is 0 Å². The molecule has 1 aliphatic heterocycles. The molecule has 2 aromatic heterocycles. The number of primary amides is 1. The summed E-state index contributed by atoms with van der Waals surface area (Å²) in [7, 11) is 0. The number of likely N-dealkylation sites (tertiary alicyclic amines) is 1. The zero-order valence-corrected chi connectivity index (χ0v) is 15.1. The molecule has 0 bridgehead atoms. The van der Waals surface area contributed by atoms with Gasteiger partial charge < -0.3 is 16.0 Å². The van der Waals surface area contributed by atoms with E-state index in [4.69, 9.17) is 5.73 Å². The summed E-state index contributed by atoms with van der Waals surface area (Å²) in [5.41, 5.74) is 5.67. The number of carbonyl (C=O) groups is 3. The van der Waals surface area contributed by atoms with Gasteiger partial charge in [0.1, 0.15) is 6.04 Å². The van der Waals surface area contributed by atoms with Gasteiger partial charge in [-0.2, -0.15) is 0 Å². The van der Waals surface area contributed by atoms with Crippen LogP contribution in [0.15, 0.2) is 22.9 Å². The molecule has 9 heteroatoms. The van der Waals surface area contributed by atoms with Crippen molar-refractivity contribution in [1.82, 2.24) is 9.88 Å². The lowest BCUT2D eigenvalue weighted by molar-refractivity contribution is -0.136. The fourth-order valence-electron chi connectivity index (χ4n) is 2.81. The highest BCUT2D eigenvalue weighted by molar-refractivity contribution is 7.14. The van der Waals surface area contributed by atoms with Gasteiger partial charge in [0.15, 0.2) is 5.13 Å². The lowest BCUT2D eigenvalue weighted by Gasteiger charge is -2.23. The summed E-state index contributed by atoms with van der Waals surface area (Å²) in [5, 5.41) is 6.78. The highest BCUT2D eigenvalue weighted by atomic mass is 32.1. The van der Waals surface area contributed by atoms with Gasteiger partial charge in [-0.15, -0.1) is 22.7 Å². The lowest BCUT2D eigenvalue weighted by Crippen LogP contribution is -2.43.